The summed E-state index contributed by atoms with van der Waals surface area (Å²) in [4.78, 5) is 19.8. The number of ether oxygens (including phenoxy) is 2. The number of carbonyl (C=O) groups excluding carboxylic acids is 1. The average molecular weight is 691 g/mol. The van der Waals surface area contributed by atoms with Gasteiger partial charge >= 0.3 is 0 Å². The van der Waals surface area contributed by atoms with Crippen molar-refractivity contribution in [2.75, 3.05) is 12.4 Å². The van der Waals surface area contributed by atoms with E-state index in [1.807, 2.05) is 24.3 Å². The summed E-state index contributed by atoms with van der Waals surface area (Å²) in [5.74, 6) is 1.48. The summed E-state index contributed by atoms with van der Waals surface area (Å²) in [5, 5.41) is 13.4. The molecule has 44 heavy (non-hydrogen) atoms. The van der Waals surface area contributed by atoms with Crippen LogP contribution in [0.25, 0.3) is 0 Å². The number of carbonyl (C=O) groups is 1. The molecular formula is C35H33BrClN3O3S. The van der Waals surface area contributed by atoms with E-state index in [0.717, 1.165) is 36.0 Å². The quantitative estimate of drug-likeness (QED) is 0.187. The van der Waals surface area contributed by atoms with Gasteiger partial charge in [0.1, 0.15) is 11.6 Å². The van der Waals surface area contributed by atoms with E-state index in [2.05, 4.69) is 48.1 Å². The number of hydrogen-bond donors (Lipinski definition) is 1. The molecule has 1 atom stereocenters. The highest BCUT2D eigenvalue weighted by atomic mass is 79.9. The van der Waals surface area contributed by atoms with E-state index in [0.29, 0.717) is 55.3 Å². The molecule has 1 heterocycles. The molecule has 1 N–H and O–H groups in total. The van der Waals surface area contributed by atoms with Crippen LogP contribution < -0.4 is 14.8 Å². The Labute approximate surface area is 275 Å². The lowest BCUT2D eigenvalue weighted by atomic mass is 9.72. The van der Waals surface area contributed by atoms with Gasteiger partial charge in [0.05, 0.1) is 28.8 Å². The fourth-order valence-corrected chi connectivity index (χ4v) is 7.25. The van der Waals surface area contributed by atoms with Crippen LogP contribution in [0.2, 0.25) is 5.02 Å². The Kier molecular flexibility index (Phi) is 9.79. The SMILES string of the molecule is COc1cc(C=Nc2sc3c(c2C(=O)Nc2ccc(Cl)cc2)CC[C@H](C(C)(C)C)C3)cc(Br)c1OCc1ccc(C#N)cc1. The summed E-state index contributed by atoms with van der Waals surface area (Å²) in [7, 11) is 1.59. The molecule has 1 aromatic heterocycles. The second-order valence-corrected chi connectivity index (χ2v) is 14.2. The fraction of sp³-hybridized carbons (Fsp3) is 0.286. The predicted molar refractivity (Wildman–Crippen MR) is 182 cm³/mol. The van der Waals surface area contributed by atoms with Gasteiger partial charge < -0.3 is 14.8 Å². The number of nitrogens with zero attached hydrogens (tertiary/aromatic N) is 2. The zero-order valence-electron chi connectivity index (χ0n) is 25.0. The van der Waals surface area contributed by atoms with Crippen molar-refractivity contribution in [1.82, 2.24) is 0 Å². The maximum Gasteiger partial charge on any atom is 0.259 e. The molecule has 6 nitrogen and oxygen atoms in total. The van der Waals surface area contributed by atoms with Crippen molar-refractivity contribution in [3.63, 3.8) is 0 Å². The number of aliphatic imine (C=N–C) groups is 1. The average Bonchev–Trinajstić information content (AvgIpc) is 3.38. The van der Waals surface area contributed by atoms with Crippen molar-refractivity contribution in [1.29, 1.82) is 5.26 Å². The molecule has 0 saturated carbocycles. The lowest BCUT2D eigenvalue weighted by molar-refractivity contribution is 0.102. The topological polar surface area (TPSA) is 83.7 Å². The summed E-state index contributed by atoms with van der Waals surface area (Å²) < 4.78 is 12.5. The van der Waals surface area contributed by atoms with Gasteiger partial charge in [-0.1, -0.05) is 44.5 Å². The molecule has 0 spiro atoms. The summed E-state index contributed by atoms with van der Waals surface area (Å²) >= 11 is 11.3. The van der Waals surface area contributed by atoms with E-state index in [1.54, 1.807) is 61.1 Å². The highest BCUT2D eigenvalue weighted by Crippen LogP contribution is 2.45. The number of fused-ring (bicyclic) bond motifs is 1. The van der Waals surface area contributed by atoms with E-state index >= 15 is 0 Å². The molecular weight excluding hydrogens is 658 g/mol. The first kappa shape index (κ1) is 31.8. The van der Waals surface area contributed by atoms with Gasteiger partial charge in [0.15, 0.2) is 11.5 Å². The Morgan fingerprint density at radius 1 is 1.18 bits per heavy atom. The van der Waals surface area contributed by atoms with E-state index in [4.69, 9.17) is 31.3 Å². The molecule has 0 fully saturated rings. The largest absolute Gasteiger partial charge is 0.493 e. The van der Waals surface area contributed by atoms with Crippen LogP contribution in [0.5, 0.6) is 11.5 Å². The summed E-state index contributed by atoms with van der Waals surface area (Å²) in [6.07, 6.45) is 4.57. The third-order valence-corrected chi connectivity index (χ3v) is 9.85. The number of rotatable bonds is 8. The van der Waals surface area contributed by atoms with Gasteiger partial charge in [0.2, 0.25) is 0 Å². The molecule has 1 amide bonds. The first-order valence-corrected chi connectivity index (χ1v) is 16.3. The second-order valence-electron chi connectivity index (χ2n) is 11.8. The minimum atomic E-state index is -0.170. The van der Waals surface area contributed by atoms with Crippen molar-refractivity contribution in [2.45, 2.75) is 46.6 Å². The molecule has 1 aliphatic carbocycles. The Morgan fingerprint density at radius 3 is 2.57 bits per heavy atom. The minimum absolute atomic E-state index is 0.170. The Morgan fingerprint density at radius 2 is 1.91 bits per heavy atom. The third-order valence-electron chi connectivity index (χ3n) is 7.85. The van der Waals surface area contributed by atoms with Crippen LogP contribution in [0.3, 0.4) is 0 Å². The number of benzene rings is 3. The zero-order chi connectivity index (χ0) is 31.4. The lowest BCUT2D eigenvalue weighted by Gasteiger charge is -2.33. The lowest BCUT2D eigenvalue weighted by Crippen LogP contribution is -2.27. The normalized spacial score (nSPS) is 14.6. The maximum absolute atomic E-state index is 13.7. The molecule has 0 radical (unpaired) electrons. The Balaban J connectivity index is 1.43. The smallest absolute Gasteiger partial charge is 0.259 e. The number of amides is 1. The highest BCUT2D eigenvalue weighted by molar-refractivity contribution is 9.10. The van der Waals surface area contributed by atoms with Crippen molar-refractivity contribution in [2.24, 2.45) is 16.3 Å². The Bertz CT molecular complexity index is 1740. The first-order chi connectivity index (χ1) is 21.0. The van der Waals surface area contributed by atoms with Gasteiger partial charge in [-0.15, -0.1) is 11.3 Å². The maximum atomic E-state index is 13.7. The van der Waals surface area contributed by atoms with Crippen LogP contribution in [0.4, 0.5) is 10.7 Å². The van der Waals surface area contributed by atoms with E-state index in [-0.39, 0.29) is 11.3 Å². The van der Waals surface area contributed by atoms with Gasteiger partial charge in [-0.3, -0.25) is 4.79 Å². The molecule has 3 aromatic carbocycles. The van der Waals surface area contributed by atoms with Crippen LogP contribution in [-0.4, -0.2) is 19.2 Å². The number of methoxy groups -OCH3 is 1. The monoisotopic (exact) mass is 689 g/mol. The number of anilines is 1. The molecule has 0 bridgehead atoms. The fourth-order valence-electron chi connectivity index (χ4n) is 5.28. The van der Waals surface area contributed by atoms with Crippen molar-refractivity contribution >= 4 is 61.7 Å². The van der Waals surface area contributed by atoms with E-state index in [9.17, 15) is 4.79 Å². The minimum Gasteiger partial charge on any atom is -0.493 e. The number of hydrogen-bond acceptors (Lipinski definition) is 6. The molecule has 0 saturated heterocycles. The van der Waals surface area contributed by atoms with Gasteiger partial charge in [0.25, 0.3) is 5.91 Å². The predicted octanol–water partition coefficient (Wildman–Crippen LogP) is 9.78. The molecule has 0 aliphatic heterocycles. The molecule has 1 aliphatic rings. The van der Waals surface area contributed by atoms with Crippen LogP contribution in [0, 0.1) is 22.7 Å². The molecule has 9 heteroatoms. The Hall–Kier alpha value is -3.64. The molecule has 0 unspecified atom stereocenters. The van der Waals surface area contributed by atoms with Crippen molar-refractivity contribution in [3.05, 3.63) is 103 Å². The molecule has 5 rings (SSSR count). The molecule has 4 aromatic rings. The third kappa shape index (κ3) is 7.35. The molecule has 226 valence electrons. The van der Waals surface area contributed by atoms with Crippen LogP contribution in [-0.2, 0) is 19.4 Å². The number of nitrogens with one attached hydrogen (secondary N) is 1. The highest BCUT2D eigenvalue weighted by Gasteiger charge is 2.33. The number of thiophene rings is 1. The first-order valence-electron chi connectivity index (χ1n) is 14.3. The van der Waals surface area contributed by atoms with Gasteiger partial charge in [-0.25, -0.2) is 4.99 Å². The number of halogens is 2. The zero-order valence-corrected chi connectivity index (χ0v) is 28.2. The van der Waals surface area contributed by atoms with Crippen molar-refractivity contribution < 1.29 is 14.3 Å². The van der Waals surface area contributed by atoms with Crippen LogP contribution >= 0.6 is 38.9 Å². The second kappa shape index (κ2) is 13.6. The van der Waals surface area contributed by atoms with Gasteiger partial charge in [-0.2, -0.15) is 5.26 Å². The van der Waals surface area contributed by atoms with E-state index < -0.39 is 0 Å². The summed E-state index contributed by atoms with van der Waals surface area (Å²) in [5.41, 5.74) is 4.93. The van der Waals surface area contributed by atoms with Gasteiger partial charge in [0, 0.05) is 21.8 Å². The van der Waals surface area contributed by atoms with Crippen LogP contribution in [0.1, 0.15) is 64.7 Å². The van der Waals surface area contributed by atoms with Gasteiger partial charge in [-0.05, 0) is 112 Å². The standard InChI is InChI=1S/C35H33BrClN3O3S/c1-35(2,3)24-9-14-27-30(17-24)44-34(31(27)33(41)40-26-12-10-25(37)11-13-26)39-19-23-15-28(36)32(29(16-23)42-4)43-20-22-7-5-21(18-38)6-8-22/h5-8,10-13,15-16,19,24H,9,14,17,20H2,1-4H3,(H,40,41)/t24-/m0/s1. The van der Waals surface area contributed by atoms with Crippen molar-refractivity contribution in [3.8, 4) is 17.6 Å². The number of nitriles is 1. The van der Waals surface area contributed by atoms with E-state index in [1.165, 1.54) is 4.88 Å². The summed E-state index contributed by atoms with van der Waals surface area (Å²) in [6, 6.07) is 20.3. The summed E-state index contributed by atoms with van der Waals surface area (Å²) in [6.45, 7) is 7.17. The van der Waals surface area contributed by atoms with Crippen LogP contribution in [0.15, 0.2) is 70.1 Å².